The Morgan fingerprint density at radius 3 is 2.41 bits per heavy atom. The summed E-state index contributed by atoms with van der Waals surface area (Å²) in [6, 6.07) is 16.9. The van der Waals surface area contributed by atoms with Gasteiger partial charge in [-0.2, -0.15) is 0 Å². The largest absolute Gasteiger partial charge is 0.494 e. The standard InChI is InChI=1S/C24H23N3O4S/c1-15-9-11-19(13-16(15)2)32(29,30)26-22-12-10-18(14-23(22)31-4)27-17(3)25-21-8-6-5-7-20(21)24(27)28/h5-14,26H,1-4H3. The molecule has 7 nitrogen and oxygen atoms in total. The number of fused-ring (bicyclic) bond motifs is 1. The van der Waals surface area contributed by atoms with Gasteiger partial charge in [0.05, 0.1) is 34.3 Å². The summed E-state index contributed by atoms with van der Waals surface area (Å²) in [7, 11) is -2.37. The molecule has 4 rings (SSSR count). The van der Waals surface area contributed by atoms with Gasteiger partial charge in [0.15, 0.2) is 0 Å². The maximum atomic E-state index is 13.1. The fraction of sp³-hybridized carbons (Fsp3) is 0.167. The normalized spacial score (nSPS) is 11.5. The number of benzene rings is 3. The number of sulfonamides is 1. The highest BCUT2D eigenvalue weighted by atomic mass is 32.2. The van der Waals surface area contributed by atoms with Crippen LogP contribution in [0.15, 0.2) is 70.4 Å². The maximum absolute atomic E-state index is 13.1. The molecule has 8 heteroatoms. The van der Waals surface area contributed by atoms with Crippen LogP contribution in [0.4, 0.5) is 5.69 Å². The van der Waals surface area contributed by atoms with Crippen LogP contribution in [-0.4, -0.2) is 25.1 Å². The third-order valence-corrected chi connectivity index (χ3v) is 6.78. The van der Waals surface area contributed by atoms with E-state index in [9.17, 15) is 13.2 Å². The highest BCUT2D eigenvalue weighted by Gasteiger charge is 2.18. The predicted molar refractivity (Wildman–Crippen MR) is 125 cm³/mol. The van der Waals surface area contributed by atoms with Crippen LogP contribution < -0.4 is 15.0 Å². The molecule has 0 radical (unpaired) electrons. The lowest BCUT2D eigenvalue weighted by atomic mass is 10.1. The van der Waals surface area contributed by atoms with Gasteiger partial charge in [0.1, 0.15) is 11.6 Å². The molecule has 0 saturated heterocycles. The number of nitrogens with one attached hydrogen (secondary N) is 1. The summed E-state index contributed by atoms with van der Waals surface area (Å²) in [6.45, 7) is 5.53. The van der Waals surface area contributed by atoms with Crippen molar-refractivity contribution < 1.29 is 13.2 Å². The van der Waals surface area contributed by atoms with Gasteiger partial charge in [-0.25, -0.2) is 13.4 Å². The zero-order valence-electron chi connectivity index (χ0n) is 18.2. The van der Waals surface area contributed by atoms with E-state index in [0.29, 0.717) is 22.4 Å². The van der Waals surface area contributed by atoms with Crippen molar-refractivity contribution in [2.75, 3.05) is 11.8 Å². The van der Waals surface area contributed by atoms with E-state index in [-0.39, 0.29) is 21.9 Å². The molecular weight excluding hydrogens is 426 g/mol. The zero-order chi connectivity index (χ0) is 23.0. The number of anilines is 1. The van der Waals surface area contributed by atoms with E-state index in [1.807, 2.05) is 19.9 Å². The quantitative estimate of drug-likeness (QED) is 0.495. The first-order valence-corrected chi connectivity index (χ1v) is 11.5. The van der Waals surface area contributed by atoms with Crippen molar-refractivity contribution in [1.29, 1.82) is 0 Å². The third-order valence-electron chi connectivity index (χ3n) is 5.42. The van der Waals surface area contributed by atoms with Crippen LogP contribution in [0.2, 0.25) is 0 Å². The molecule has 0 aliphatic rings. The fourth-order valence-corrected chi connectivity index (χ4v) is 4.69. The summed E-state index contributed by atoms with van der Waals surface area (Å²) in [4.78, 5) is 17.8. The van der Waals surface area contributed by atoms with Crippen LogP contribution in [0.3, 0.4) is 0 Å². The molecule has 0 unspecified atom stereocenters. The van der Waals surface area contributed by atoms with Crippen molar-refractivity contribution in [3.05, 3.63) is 88.0 Å². The Balaban J connectivity index is 1.77. The summed E-state index contributed by atoms with van der Waals surface area (Å²) in [5, 5.41) is 0.497. The lowest BCUT2D eigenvalue weighted by Crippen LogP contribution is -2.22. The second kappa shape index (κ2) is 8.12. The molecule has 0 saturated carbocycles. The van der Waals surface area contributed by atoms with E-state index >= 15 is 0 Å². The van der Waals surface area contributed by atoms with Gasteiger partial charge < -0.3 is 4.74 Å². The van der Waals surface area contributed by atoms with Crippen LogP contribution in [-0.2, 0) is 10.0 Å². The predicted octanol–water partition coefficient (Wildman–Crippen LogP) is 4.12. The van der Waals surface area contributed by atoms with E-state index in [2.05, 4.69) is 9.71 Å². The van der Waals surface area contributed by atoms with Crippen molar-refractivity contribution in [2.45, 2.75) is 25.7 Å². The Hall–Kier alpha value is -3.65. The molecule has 1 heterocycles. The van der Waals surface area contributed by atoms with Gasteiger partial charge in [-0.1, -0.05) is 18.2 Å². The zero-order valence-corrected chi connectivity index (χ0v) is 19.0. The van der Waals surface area contributed by atoms with E-state index in [4.69, 9.17) is 4.74 Å². The topological polar surface area (TPSA) is 90.3 Å². The molecule has 0 spiro atoms. The number of rotatable bonds is 5. The van der Waals surface area contributed by atoms with Gasteiger partial charge in [-0.3, -0.25) is 14.1 Å². The van der Waals surface area contributed by atoms with Gasteiger partial charge in [0, 0.05) is 6.07 Å². The molecule has 164 valence electrons. The molecule has 0 aliphatic heterocycles. The number of aryl methyl sites for hydroxylation is 3. The molecule has 1 aromatic heterocycles. The molecule has 0 aliphatic carbocycles. The van der Waals surface area contributed by atoms with Gasteiger partial charge in [-0.05, 0) is 68.3 Å². The number of hydrogen-bond donors (Lipinski definition) is 1. The van der Waals surface area contributed by atoms with Crippen molar-refractivity contribution >= 4 is 26.6 Å². The van der Waals surface area contributed by atoms with Gasteiger partial charge >= 0.3 is 0 Å². The Bertz CT molecular complexity index is 1510. The molecule has 0 bridgehead atoms. The lowest BCUT2D eigenvalue weighted by Gasteiger charge is -2.16. The van der Waals surface area contributed by atoms with Gasteiger partial charge in [0.2, 0.25) is 0 Å². The van der Waals surface area contributed by atoms with Crippen molar-refractivity contribution in [3.63, 3.8) is 0 Å². The SMILES string of the molecule is COc1cc(-n2c(C)nc3ccccc3c2=O)ccc1NS(=O)(=O)c1ccc(C)c(C)c1. The minimum absolute atomic E-state index is 0.164. The van der Waals surface area contributed by atoms with Crippen LogP contribution in [0, 0.1) is 20.8 Å². The van der Waals surface area contributed by atoms with Crippen molar-refractivity contribution in [1.82, 2.24) is 9.55 Å². The molecule has 0 fully saturated rings. The minimum atomic E-state index is -3.82. The Kier molecular flexibility index (Phi) is 5.48. The molecule has 1 N–H and O–H groups in total. The summed E-state index contributed by atoms with van der Waals surface area (Å²) < 4.78 is 35.3. The van der Waals surface area contributed by atoms with Gasteiger partial charge in [0.25, 0.3) is 15.6 Å². The Morgan fingerprint density at radius 1 is 0.938 bits per heavy atom. The first-order chi connectivity index (χ1) is 15.2. The maximum Gasteiger partial charge on any atom is 0.265 e. The third kappa shape index (κ3) is 3.85. The Labute approximate surface area is 186 Å². The molecule has 0 atom stereocenters. The highest BCUT2D eigenvalue weighted by molar-refractivity contribution is 7.92. The van der Waals surface area contributed by atoms with E-state index < -0.39 is 10.0 Å². The molecule has 3 aromatic carbocycles. The van der Waals surface area contributed by atoms with Gasteiger partial charge in [-0.15, -0.1) is 0 Å². The summed E-state index contributed by atoms with van der Waals surface area (Å²) in [6.07, 6.45) is 0. The molecular formula is C24H23N3O4S. The monoisotopic (exact) mass is 449 g/mol. The second-order valence-corrected chi connectivity index (χ2v) is 9.24. The Morgan fingerprint density at radius 2 is 1.69 bits per heavy atom. The first kappa shape index (κ1) is 21.6. The smallest absolute Gasteiger partial charge is 0.265 e. The van der Waals surface area contributed by atoms with Crippen LogP contribution >= 0.6 is 0 Å². The van der Waals surface area contributed by atoms with E-state index in [0.717, 1.165) is 11.1 Å². The summed E-state index contributed by atoms with van der Waals surface area (Å²) in [5.74, 6) is 0.800. The highest BCUT2D eigenvalue weighted by Crippen LogP contribution is 2.30. The van der Waals surface area contributed by atoms with E-state index in [1.54, 1.807) is 61.5 Å². The fourth-order valence-electron chi connectivity index (χ4n) is 3.54. The number of methoxy groups -OCH3 is 1. The second-order valence-electron chi connectivity index (χ2n) is 7.55. The van der Waals surface area contributed by atoms with Crippen molar-refractivity contribution in [2.24, 2.45) is 0 Å². The summed E-state index contributed by atoms with van der Waals surface area (Å²) >= 11 is 0. The number of para-hydroxylation sites is 1. The number of aromatic nitrogens is 2. The number of ether oxygens (including phenoxy) is 1. The average molecular weight is 450 g/mol. The number of nitrogens with zero attached hydrogens (tertiary/aromatic N) is 2. The first-order valence-electron chi connectivity index (χ1n) is 9.98. The molecule has 4 aromatic rings. The summed E-state index contributed by atoms with van der Waals surface area (Å²) in [5.41, 5.74) is 3.10. The average Bonchev–Trinajstić information content (AvgIpc) is 2.76. The van der Waals surface area contributed by atoms with E-state index in [1.165, 1.54) is 11.7 Å². The molecule has 32 heavy (non-hydrogen) atoms. The lowest BCUT2D eigenvalue weighted by molar-refractivity contribution is 0.416. The van der Waals surface area contributed by atoms with Crippen molar-refractivity contribution in [3.8, 4) is 11.4 Å². The number of hydrogen-bond acceptors (Lipinski definition) is 5. The minimum Gasteiger partial charge on any atom is -0.494 e. The molecule has 0 amide bonds. The van der Waals surface area contributed by atoms with Crippen LogP contribution in [0.1, 0.15) is 17.0 Å². The van der Waals surface area contributed by atoms with Crippen LogP contribution in [0.25, 0.3) is 16.6 Å². The van der Waals surface area contributed by atoms with Crippen LogP contribution in [0.5, 0.6) is 5.75 Å².